The number of hydrogen-bond acceptors (Lipinski definition) is 4. The average molecular weight is 326 g/mol. The summed E-state index contributed by atoms with van der Waals surface area (Å²) in [4.78, 5) is 13.9. The lowest BCUT2D eigenvalue weighted by Gasteiger charge is -2.23. The highest BCUT2D eigenvalue weighted by atomic mass is 32.2. The Bertz CT molecular complexity index is 626. The Labute approximate surface area is 131 Å². The number of benzene rings is 1. The lowest BCUT2D eigenvalue weighted by molar-refractivity contribution is 0.192. The van der Waals surface area contributed by atoms with Crippen molar-refractivity contribution in [1.82, 2.24) is 10.2 Å². The Kier molecular flexibility index (Phi) is 5.28. The van der Waals surface area contributed by atoms with Gasteiger partial charge in [0.25, 0.3) is 0 Å². The Morgan fingerprint density at radius 1 is 1.32 bits per heavy atom. The van der Waals surface area contributed by atoms with Crippen LogP contribution in [-0.4, -0.2) is 37.7 Å². The molecule has 0 radical (unpaired) electrons. The number of urea groups is 1. The third-order valence-electron chi connectivity index (χ3n) is 3.46. The van der Waals surface area contributed by atoms with Crippen LogP contribution in [0.4, 0.5) is 4.79 Å². The van der Waals surface area contributed by atoms with Gasteiger partial charge in [0.15, 0.2) is 0 Å². The van der Waals surface area contributed by atoms with Crippen molar-refractivity contribution in [2.75, 3.05) is 12.3 Å². The van der Waals surface area contributed by atoms with E-state index in [-0.39, 0.29) is 17.8 Å². The minimum Gasteiger partial charge on any atom is -0.382 e. The molecular weight excluding hydrogens is 304 g/mol. The summed E-state index contributed by atoms with van der Waals surface area (Å²) in [6.45, 7) is 4.30. The number of carbonyl (C=O) groups excluding carboxylic acids is 1. The maximum atomic E-state index is 12.1. The summed E-state index contributed by atoms with van der Waals surface area (Å²) in [5.74, 6) is 0.198. The average Bonchev–Trinajstić information content (AvgIpc) is 3.31. The lowest BCUT2D eigenvalue weighted by Crippen LogP contribution is -2.40. The van der Waals surface area contributed by atoms with Gasteiger partial charge >= 0.3 is 16.1 Å². The molecule has 1 saturated carbocycles. The Morgan fingerprint density at radius 3 is 2.59 bits per heavy atom. The fourth-order valence-electron chi connectivity index (χ4n) is 2.10. The quantitative estimate of drug-likeness (QED) is 0.779. The molecule has 0 heterocycles. The van der Waals surface area contributed by atoms with Crippen LogP contribution in [0.1, 0.15) is 32.3 Å². The van der Waals surface area contributed by atoms with Gasteiger partial charge in [-0.3, -0.25) is 0 Å². The van der Waals surface area contributed by atoms with Crippen molar-refractivity contribution in [1.29, 1.82) is 0 Å². The van der Waals surface area contributed by atoms with E-state index in [2.05, 4.69) is 5.32 Å². The minimum absolute atomic E-state index is 0.0933. The minimum atomic E-state index is -3.59. The molecule has 0 unspecified atom stereocenters. The van der Waals surface area contributed by atoms with Crippen LogP contribution in [-0.2, 0) is 16.7 Å². The van der Waals surface area contributed by atoms with Crippen LogP contribution in [0, 0.1) is 0 Å². The summed E-state index contributed by atoms with van der Waals surface area (Å²) in [6.07, 6.45) is 1.96. The van der Waals surface area contributed by atoms with Gasteiger partial charge in [0, 0.05) is 18.2 Å². The molecule has 0 atom stereocenters. The number of nitrogens with one attached hydrogen (secondary N) is 1. The first-order chi connectivity index (χ1) is 10.5. The molecule has 1 aliphatic carbocycles. The molecule has 2 rings (SSSR count). The van der Waals surface area contributed by atoms with E-state index in [0.717, 1.165) is 12.8 Å². The monoisotopic (exact) mass is 326 g/mol. The molecule has 0 bridgehead atoms. The van der Waals surface area contributed by atoms with E-state index in [9.17, 15) is 13.2 Å². The Hall–Kier alpha value is -1.76. The van der Waals surface area contributed by atoms with Crippen LogP contribution < -0.4 is 9.50 Å². The molecule has 0 saturated heterocycles. The van der Waals surface area contributed by atoms with Crippen LogP contribution in [0.5, 0.6) is 5.75 Å². The van der Waals surface area contributed by atoms with Crippen LogP contribution in [0.2, 0.25) is 0 Å². The van der Waals surface area contributed by atoms with Crippen LogP contribution >= 0.6 is 0 Å². The van der Waals surface area contributed by atoms with Gasteiger partial charge in [0.2, 0.25) is 0 Å². The lowest BCUT2D eigenvalue weighted by atomic mass is 10.2. The first kappa shape index (κ1) is 16.6. The molecule has 0 aliphatic heterocycles. The number of hydrogen-bond donors (Lipinski definition) is 1. The third-order valence-corrected chi connectivity index (χ3v) is 4.60. The summed E-state index contributed by atoms with van der Waals surface area (Å²) in [7, 11) is -3.59. The van der Waals surface area contributed by atoms with Gasteiger partial charge in [-0.2, -0.15) is 8.42 Å². The molecule has 2 amide bonds. The van der Waals surface area contributed by atoms with Gasteiger partial charge in [0.1, 0.15) is 5.75 Å². The highest BCUT2D eigenvalue weighted by Crippen LogP contribution is 2.30. The van der Waals surface area contributed by atoms with Crippen molar-refractivity contribution in [3.05, 3.63) is 29.8 Å². The second-order valence-electron chi connectivity index (χ2n) is 5.23. The SMILES string of the molecule is CCNC(=O)N(Cc1ccccc1OS(=O)(=O)CC)C1CC1. The topological polar surface area (TPSA) is 75.7 Å². The van der Waals surface area contributed by atoms with E-state index in [1.54, 1.807) is 23.1 Å². The highest BCUT2D eigenvalue weighted by molar-refractivity contribution is 7.87. The zero-order valence-corrected chi connectivity index (χ0v) is 13.7. The van der Waals surface area contributed by atoms with Crippen LogP contribution in [0.3, 0.4) is 0 Å². The van der Waals surface area contributed by atoms with E-state index >= 15 is 0 Å². The molecule has 1 aliphatic rings. The maximum Gasteiger partial charge on any atom is 0.317 e. The fraction of sp³-hybridized carbons (Fsp3) is 0.533. The molecule has 0 aromatic heterocycles. The normalized spacial score (nSPS) is 14.5. The van der Waals surface area contributed by atoms with Crippen molar-refractivity contribution < 1.29 is 17.4 Å². The zero-order valence-electron chi connectivity index (χ0n) is 12.9. The zero-order chi connectivity index (χ0) is 16.2. The number of nitrogens with zero attached hydrogens (tertiary/aromatic N) is 1. The molecule has 1 fully saturated rings. The summed E-state index contributed by atoms with van der Waals surface area (Å²) in [5, 5.41) is 2.79. The summed E-state index contributed by atoms with van der Waals surface area (Å²) in [5.41, 5.74) is 0.692. The molecule has 1 aromatic carbocycles. The molecule has 1 aromatic rings. The number of carbonyl (C=O) groups is 1. The molecule has 6 nitrogen and oxygen atoms in total. The predicted molar refractivity (Wildman–Crippen MR) is 84.2 cm³/mol. The van der Waals surface area contributed by atoms with Crippen molar-refractivity contribution >= 4 is 16.1 Å². The molecule has 122 valence electrons. The van der Waals surface area contributed by atoms with Crippen molar-refractivity contribution in [2.45, 2.75) is 39.3 Å². The van der Waals surface area contributed by atoms with Gasteiger partial charge in [-0.15, -0.1) is 0 Å². The first-order valence-corrected chi connectivity index (χ1v) is 9.09. The van der Waals surface area contributed by atoms with Gasteiger partial charge < -0.3 is 14.4 Å². The number of para-hydroxylation sites is 1. The third kappa shape index (κ3) is 4.37. The van der Waals surface area contributed by atoms with Crippen molar-refractivity contribution in [2.24, 2.45) is 0 Å². The highest BCUT2D eigenvalue weighted by Gasteiger charge is 2.33. The second kappa shape index (κ2) is 7.00. The van der Waals surface area contributed by atoms with Gasteiger partial charge in [-0.25, -0.2) is 4.79 Å². The van der Waals surface area contributed by atoms with E-state index in [0.29, 0.717) is 24.4 Å². The Morgan fingerprint density at radius 2 is 2.00 bits per heavy atom. The van der Waals surface area contributed by atoms with Crippen LogP contribution in [0.15, 0.2) is 24.3 Å². The standard InChI is InChI=1S/C15H22N2O4S/c1-3-16-15(18)17(13-9-10-13)11-12-7-5-6-8-14(12)21-22(19,20)4-2/h5-8,13H,3-4,9-11H2,1-2H3,(H,16,18). The van der Waals surface area contributed by atoms with E-state index < -0.39 is 10.1 Å². The molecular formula is C15H22N2O4S. The number of amides is 2. The molecule has 1 N–H and O–H groups in total. The summed E-state index contributed by atoms with van der Waals surface area (Å²) in [6, 6.07) is 7.03. The largest absolute Gasteiger partial charge is 0.382 e. The molecule has 22 heavy (non-hydrogen) atoms. The van der Waals surface area contributed by atoms with Gasteiger partial charge in [0.05, 0.1) is 12.3 Å². The number of rotatable bonds is 7. The van der Waals surface area contributed by atoms with Crippen LogP contribution in [0.25, 0.3) is 0 Å². The van der Waals surface area contributed by atoms with E-state index in [4.69, 9.17) is 4.18 Å². The van der Waals surface area contributed by atoms with E-state index in [1.807, 2.05) is 13.0 Å². The molecule has 7 heteroatoms. The van der Waals surface area contributed by atoms with Crippen molar-refractivity contribution in [3.8, 4) is 5.75 Å². The first-order valence-electron chi connectivity index (χ1n) is 7.51. The Balaban J connectivity index is 2.19. The maximum absolute atomic E-state index is 12.1. The van der Waals surface area contributed by atoms with Gasteiger partial charge in [-0.1, -0.05) is 18.2 Å². The summed E-state index contributed by atoms with van der Waals surface area (Å²) >= 11 is 0. The summed E-state index contributed by atoms with van der Waals surface area (Å²) < 4.78 is 28.5. The molecule has 0 spiro atoms. The van der Waals surface area contributed by atoms with Crippen molar-refractivity contribution in [3.63, 3.8) is 0 Å². The smallest absolute Gasteiger partial charge is 0.317 e. The van der Waals surface area contributed by atoms with E-state index in [1.165, 1.54) is 6.92 Å². The second-order valence-corrected chi connectivity index (χ2v) is 7.09. The van der Waals surface area contributed by atoms with Gasteiger partial charge in [-0.05, 0) is 32.8 Å². The fourth-order valence-corrected chi connectivity index (χ4v) is 2.65. The predicted octanol–water partition coefficient (Wildman–Crippen LogP) is 2.11.